The van der Waals surface area contributed by atoms with Crippen molar-refractivity contribution in [2.75, 3.05) is 13.7 Å². The van der Waals surface area contributed by atoms with Crippen molar-refractivity contribution in [1.82, 2.24) is 4.31 Å². The fourth-order valence-corrected chi connectivity index (χ4v) is 4.87. The fourth-order valence-electron chi connectivity index (χ4n) is 3.18. The van der Waals surface area contributed by atoms with Crippen molar-refractivity contribution in [2.24, 2.45) is 0 Å². The molecule has 0 aliphatic carbocycles. The molecule has 1 aliphatic heterocycles. The van der Waals surface area contributed by atoms with E-state index >= 15 is 0 Å². The van der Waals surface area contributed by atoms with Crippen molar-refractivity contribution in [3.8, 4) is 5.75 Å². The van der Waals surface area contributed by atoms with Gasteiger partial charge in [0.2, 0.25) is 10.0 Å². The molecule has 5 nitrogen and oxygen atoms in total. The molecule has 1 heterocycles. The number of carbonyl (C=O) groups is 1. The Labute approximate surface area is 148 Å². The second-order valence-corrected chi connectivity index (χ2v) is 8.02. The van der Waals surface area contributed by atoms with Crippen molar-refractivity contribution >= 4 is 15.8 Å². The van der Waals surface area contributed by atoms with Gasteiger partial charge < -0.3 is 4.74 Å². The first-order valence-electron chi connectivity index (χ1n) is 8.20. The molecule has 1 saturated heterocycles. The average molecular weight is 359 g/mol. The highest BCUT2D eigenvalue weighted by Gasteiger charge is 2.36. The second-order valence-electron chi connectivity index (χ2n) is 6.13. The molecule has 1 atom stereocenters. The summed E-state index contributed by atoms with van der Waals surface area (Å²) in [5.74, 6) is 0.664. The van der Waals surface area contributed by atoms with Crippen LogP contribution in [-0.2, 0) is 10.0 Å². The molecule has 2 aromatic carbocycles. The van der Waals surface area contributed by atoms with Crippen molar-refractivity contribution in [3.05, 3.63) is 59.7 Å². The number of ether oxygens (including phenoxy) is 1. The lowest BCUT2D eigenvalue weighted by molar-refractivity contribution is 0.101. The number of hydrogen-bond acceptors (Lipinski definition) is 4. The lowest BCUT2D eigenvalue weighted by Gasteiger charge is -2.24. The normalized spacial score (nSPS) is 18.2. The molecule has 2 aromatic rings. The Morgan fingerprint density at radius 3 is 2.28 bits per heavy atom. The number of sulfonamides is 1. The Bertz CT molecular complexity index is 857. The van der Waals surface area contributed by atoms with Gasteiger partial charge in [-0.15, -0.1) is 0 Å². The van der Waals surface area contributed by atoms with Crippen LogP contribution in [0.4, 0.5) is 0 Å². The number of Topliss-reactive ketones (excluding diaryl/α,β-unsaturated/α-hetero) is 1. The van der Waals surface area contributed by atoms with E-state index in [1.165, 1.54) is 19.1 Å². The molecule has 25 heavy (non-hydrogen) atoms. The number of carbonyl (C=O) groups excluding carboxylic acids is 1. The zero-order chi connectivity index (χ0) is 18.0. The van der Waals surface area contributed by atoms with E-state index in [1.54, 1.807) is 23.5 Å². The number of ketones is 1. The van der Waals surface area contributed by atoms with Crippen molar-refractivity contribution in [1.29, 1.82) is 0 Å². The van der Waals surface area contributed by atoms with E-state index in [2.05, 4.69) is 0 Å². The Morgan fingerprint density at radius 2 is 1.72 bits per heavy atom. The van der Waals surface area contributed by atoms with Gasteiger partial charge >= 0.3 is 0 Å². The van der Waals surface area contributed by atoms with Gasteiger partial charge in [0.15, 0.2) is 5.78 Å². The molecule has 0 N–H and O–H groups in total. The summed E-state index contributed by atoms with van der Waals surface area (Å²) in [4.78, 5) is 11.6. The van der Waals surface area contributed by atoms with Crippen LogP contribution < -0.4 is 4.74 Å². The summed E-state index contributed by atoms with van der Waals surface area (Å²) >= 11 is 0. The van der Waals surface area contributed by atoms with Gasteiger partial charge in [0.25, 0.3) is 0 Å². The molecule has 1 fully saturated rings. The number of nitrogens with zero attached hydrogens (tertiary/aromatic N) is 1. The van der Waals surface area contributed by atoms with Gasteiger partial charge in [0.1, 0.15) is 5.75 Å². The van der Waals surface area contributed by atoms with Crippen LogP contribution in [0.1, 0.15) is 41.7 Å². The minimum Gasteiger partial charge on any atom is -0.497 e. The minimum absolute atomic E-state index is 0.0822. The molecular weight excluding hydrogens is 338 g/mol. The van der Waals surface area contributed by atoms with Gasteiger partial charge in [-0.3, -0.25) is 4.79 Å². The number of rotatable bonds is 5. The van der Waals surface area contributed by atoms with Crippen molar-refractivity contribution in [2.45, 2.75) is 30.7 Å². The van der Waals surface area contributed by atoms with Crippen LogP contribution in [0.15, 0.2) is 53.4 Å². The van der Waals surface area contributed by atoms with E-state index in [-0.39, 0.29) is 16.7 Å². The first-order valence-corrected chi connectivity index (χ1v) is 9.64. The Balaban J connectivity index is 1.90. The molecule has 1 unspecified atom stereocenters. The molecule has 132 valence electrons. The van der Waals surface area contributed by atoms with Crippen LogP contribution in [0.5, 0.6) is 5.75 Å². The van der Waals surface area contributed by atoms with E-state index in [4.69, 9.17) is 4.74 Å². The third kappa shape index (κ3) is 3.45. The lowest BCUT2D eigenvalue weighted by Crippen LogP contribution is -2.30. The van der Waals surface area contributed by atoms with Crippen LogP contribution in [0.2, 0.25) is 0 Å². The van der Waals surface area contributed by atoms with Gasteiger partial charge in [-0.05, 0) is 49.6 Å². The third-order valence-electron chi connectivity index (χ3n) is 4.57. The standard InChI is InChI=1S/C19H21NO4S/c1-14(21)15-7-11-18(12-8-15)25(22,23)20-13-3-4-19(20)16-5-9-17(24-2)10-6-16/h5-12,19H,3-4,13H2,1-2H3. The zero-order valence-electron chi connectivity index (χ0n) is 14.3. The Hall–Kier alpha value is -2.18. The predicted molar refractivity (Wildman–Crippen MR) is 95.3 cm³/mol. The second kappa shape index (κ2) is 6.98. The molecule has 0 aromatic heterocycles. The smallest absolute Gasteiger partial charge is 0.243 e. The molecule has 0 saturated carbocycles. The quantitative estimate of drug-likeness (QED) is 0.768. The van der Waals surface area contributed by atoms with Gasteiger partial charge in [0.05, 0.1) is 18.0 Å². The highest BCUT2D eigenvalue weighted by molar-refractivity contribution is 7.89. The van der Waals surface area contributed by atoms with Gasteiger partial charge in [-0.25, -0.2) is 8.42 Å². The summed E-state index contributed by atoms with van der Waals surface area (Å²) in [6.07, 6.45) is 1.61. The average Bonchev–Trinajstić information content (AvgIpc) is 3.12. The Kier molecular flexibility index (Phi) is 4.92. The van der Waals surface area contributed by atoms with E-state index in [0.717, 1.165) is 24.2 Å². The predicted octanol–water partition coefficient (Wildman–Crippen LogP) is 3.42. The largest absolute Gasteiger partial charge is 0.497 e. The van der Waals surface area contributed by atoms with Crippen molar-refractivity contribution in [3.63, 3.8) is 0 Å². The van der Waals surface area contributed by atoms with E-state index in [0.29, 0.717) is 12.1 Å². The van der Waals surface area contributed by atoms with E-state index < -0.39 is 10.0 Å². The van der Waals surface area contributed by atoms with Crippen LogP contribution in [0, 0.1) is 0 Å². The monoisotopic (exact) mass is 359 g/mol. The first-order chi connectivity index (χ1) is 11.9. The first kappa shape index (κ1) is 17.6. The third-order valence-corrected chi connectivity index (χ3v) is 6.49. The summed E-state index contributed by atoms with van der Waals surface area (Å²) in [6.45, 7) is 1.96. The number of methoxy groups -OCH3 is 1. The fraction of sp³-hybridized carbons (Fsp3) is 0.316. The number of hydrogen-bond donors (Lipinski definition) is 0. The molecule has 3 rings (SSSR count). The van der Waals surface area contributed by atoms with Crippen LogP contribution in [0.25, 0.3) is 0 Å². The maximum atomic E-state index is 13.0. The highest BCUT2D eigenvalue weighted by atomic mass is 32.2. The summed E-state index contributed by atoms with van der Waals surface area (Å²) in [7, 11) is -2.00. The molecule has 0 radical (unpaired) electrons. The molecular formula is C19H21NO4S. The highest BCUT2D eigenvalue weighted by Crippen LogP contribution is 2.37. The maximum Gasteiger partial charge on any atom is 0.243 e. The summed E-state index contributed by atoms with van der Waals surface area (Å²) in [5.41, 5.74) is 1.47. The molecule has 0 amide bonds. The summed E-state index contributed by atoms with van der Waals surface area (Å²) in [5, 5.41) is 0. The van der Waals surface area contributed by atoms with Crippen molar-refractivity contribution < 1.29 is 17.9 Å². The molecule has 6 heteroatoms. The van der Waals surface area contributed by atoms with Gasteiger partial charge in [0, 0.05) is 12.1 Å². The van der Waals surface area contributed by atoms with E-state index in [1.807, 2.05) is 24.3 Å². The SMILES string of the molecule is COc1ccc(C2CCCN2S(=O)(=O)c2ccc(C(C)=O)cc2)cc1. The zero-order valence-corrected chi connectivity index (χ0v) is 15.1. The van der Waals surface area contributed by atoms with Gasteiger partial charge in [-0.1, -0.05) is 24.3 Å². The Morgan fingerprint density at radius 1 is 1.08 bits per heavy atom. The molecule has 0 spiro atoms. The van der Waals surface area contributed by atoms with Gasteiger partial charge in [-0.2, -0.15) is 4.31 Å². The topological polar surface area (TPSA) is 63.7 Å². The molecule has 0 bridgehead atoms. The van der Waals surface area contributed by atoms with Crippen LogP contribution >= 0.6 is 0 Å². The lowest BCUT2D eigenvalue weighted by atomic mass is 10.1. The summed E-state index contributed by atoms with van der Waals surface area (Å²) < 4.78 is 32.8. The van der Waals surface area contributed by atoms with Crippen LogP contribution in [0.3, 0.4) is 0 Å². The molecule has 1 aliphatic rings. The number of benzene rings is 2. The van der Waals surface area contributed by atoms with E-state index in [9.17, 15) is 13.2 Å². The van der Waals surface area contributed by atoms with Crippen LogP contribution in [-0.4, -0.2) is 32.2 Å². The summed E-state index contributed by atoms with van der Waals surface area (Å²) in [6, 6.07) is 13.5. The maximum absolute atomic E-state index is 13.0. The minimum atomic E-state index is -3.60.